The van der Waals surface area contributed by atoms with E-state index in [1.807, 2.05) is 31.3 Å². The van der Waals surface area contributed by atoms with E-state index in [4.69, 9.17) is 4.74 Å². The first kappa shape index (κ1) is 14.2. The minimum atomic E-state index is -0.868. The number of rotatable bonds is 2. The number of nitrogens with zero attached hydrogens (tertiary/aromatic N) is 1. The van der Waals surface area contributed by atoms with Gasteiger partial charge in [0.15, 0.2) is 17.2 Å². The molecule has 1 saturated heterocycles. The number of carbonyl (C=O) groups is 2. The minimum Gasteiger partial charge on any atom is -0.479 e. The van der Waals surface area contributed by atoms with Gasteiger partial charge in [-0.15, -0.1) is 6.58 Å². The average Bonchev–Trinajstić information content (AvgIpc) is 2.76. The summed E-state index contributed by atoms with van der Waals surface area (Å²) in [5.41, 5.74) is -0.388. The average molecular weight is 321 g/mol. The molecule has 1 aromatic carbocycles. The van der Waals surface area contributed by atoms with Crippen molar-refractivity contribution in [3.63, 3.8) is 0 Å². The lowest BCUT2D eigenvalue weighted by Crippen LogP contribution is -2.74. The highest BCUT2D eigenvalue weighted by molar-refractivity contribution is 6.16. The normalized spacial score (nSPS) is 39.1. The van der Waals surface area contributed by atoms with E-state index in [1.54, 1.807) is 12.1 Å². The molecule has 2 fully saturated rings. The van der Waals surface area contributed by atoms with Crippen molar-refractivity contribution in [2.24, 2.45) is 11.8 Å². The van der Waals surface area contributed by atoms with E-state index in [0.717, 1.165) is 13.0 Å². The molecule has 4 bridgehead atoms. The lowest BCUT2D eigenvalue weighted by molar-refractivity contribution is -0.150. The van der Waals surface area contributed by atoms with Gasteiger partial charge in [-0.25, -0.2) is 0 Å². The third-order valence-corrected chi connectivity index (χ3v) is 6.47. The molecular formula is C20H19NO3. The smallest absolute Gasteiger partial charge is 0.196 e. The van der Waals surface area contributed by atoms with Crippen LogP contribution in [0, 0.1) is 11.8 Å². The van der Waals surface area contributed by atoms with Crippen LogP contribution in [0.15, 0.2) is 48.6 Å². The van der Waals surface area contributed by atoms with Crippen molar-refractivity contribution in [2.75, 3.05) is 13.6 Å². The summed E-state index contributed by atoms with van der Waals surface area (Å²) in [6.45, 7) is 4.64. The Hall–Kier alpha value is -2.20. The number of carbonyl (C=O) groups excluding carboxylic acids is 2. The van der Waals surface area contributed by atoms with Crippen LogP contribution in [-0.4, -0.2) is 41.2 Å². The summed E-state index contributed by atoms with van der Waals surface area (Å²) in [6.07, 6.45) is 4.94. The van der Waals surface area contributed by atoms with Crippen molar-refractivity contribution in [3.05, 3.63) is 54.1 Å². The van der Waals surface area contributed by atoms with Crippen LogP contribution in [-0.2, 0) is 4.79 Å². The predicted molar refractivity (Wildman–Crippen MR) is 89.0 cm³/mol. The highest BCUT2D eigenvalue weighted by Crippen LogP contribution is 2.63. The lowest BCUT2D eigenvalue weighted by Gasteiger charge is -2.57. The topological polar surface area (TPSA) is 46.6 Å². The first-order valence-electron chi connectivity index (χ1n) is 8.48. The molecule has 1 saturated carbocycles. The standard InChI is InChI=1S/C20H19NO3/c1-3-8-19-18(23)12-9-13(11-21(19)2)20(19)15(10-12)17(22)14-6-4-5-7-16(14)24-20/h3-7,10,12-13H,1,8-9,11H2,2H3. The van der Waals surface area contributed by atoms with Crippen LogP contribution in [0.3, 0.4) is 0 Å². The second-order valence-corrected chi connectivity index (χ2v) is 7.38. The molecule has 4 unspecified atom stereocenters. The number of likely N-dealkylation sites (N-methyl/N-ethyl adjacent to an activating group) is 1. The van der Waals surface area contributed by atoms with Gasteiger partial charge in [-0.2, -0.15) is 0 Å². The molecule has 1 spiro atoms. The molecule has 24 heavy (non-hydrogen) atoms. The molecule has 1 aromatic rings. The molecular weight excluding hydrogens is 302 g/mol. The monoisotopic (exact) mass is 321 g/mol. The van der Waals surface area contributed by atoms with Crippen LogP contribution in [0.2, 0.25) is 0 Å². The summed E-state index contributed by atoms with van der Waals surface area (Å²) in [5, 5.41) is 0. The number of benzene rings is 1. The van der Waals surface area contributed by atoms with Crippen molar-refractivity contribution < 1.29 is 14.3 Å². The summed E-state index contributed by atoms with van der Waals surface area (Å²) < 4.78 is 6.57. The number of ketones is 2. The Balaban J connectivity index is 1.84. The molecule has 0 N–H and O–H groups in total. The Kier molecular flexibility index (Phi) is 2.51. The third kappa shape index (κ3) is 1.25. The van der Waals surface area contributed by atoms with Crippen LogP contribution in [0.25, 0.3) is 0 Å². The summed E-state index contributed by atoms with van der Waals surface area (Å²) in [7, 11) is 1.98. The van der Waals surface area contributed by atoms with E-state index in [0.29, 0.717) is 23.3 Å². The highest BCUT2D eigenvalue weighted by atomic mass is 16.5. The van der Waals surface area contributed by atoms with E-state index < -0.39 is 11.1 Å². The van der Waals surface area contributed by atoms with Crippen LogP contribution in [0.1, 0.15) is 23.2 Å². The Morgan fingerprint density at radius 3 is 2.96 bits per heavy atom. The number of allylic oxidation sites excluding steroid dienone is 1. The molecule has 4 atom stereocenters. The van der Waals surface area contributed by atoms with Crippen molar-refractivity contribution in [3.8, 4) is 5.75 Å². The van der Waals surface area contributed by atoms with Gasteiger partial charge in [0.2, 0.25) is 0 Å². The fourth-order valence-corrected chi connectivity index (χ4v) is 5.63. The largest absolute Gasteiger partial charge is 0.479 e. The molecule has 4 nitrogen and oxygen atoms in total. The maximum Gasteiger partial charge on any atom is 0.196 e. The first-order chi connectivity index (χ1) is 11.6. The number of para-hydroxylation sites is 1. The number of hydrogen-bond acceptors (Lipinski definition) is 4. The molecule has 0 amide bonds. The van der Waals surface area contributed by atoms with Gasteiger partial charge in [0.25, 0.3) is 0 Å². The summed E-state index contributed by atoms with van der Waals surface area (Å²) >= 11 is 0. The fourth-order valence-electron chi connectivity index (χ4n) is 5.63. The predicted octanol–water partition coefficient (Wildman–Crippen LogP) is 2.41. The molecule has 4 heteroatoms. The Morgan fingerprint density at radius 2 is 2.17 bits per heavy atom. The molecule has 0 radical (unpaired) electrons. The molecule has 2 heterocycles. The zero-order chi connectivity index (χ0) is 16.7. The summed E-state index contributed by atoms with van der Waals surface area (Å²) in [6, 6.07) is 7.37. The third-order valence-electron chi connectivity index (χ3n) is 6.47. The van der Waals surface area contributed by atoms with Gasteiger partial charge in [-0.05, 0) is 32.0 Å². The number of hydrogen-bond donors (Lipinski definition) is 0. The van der Waals surface area contributed by atoms with Crippen LogP contribution in [0.4, 0.5) is 0 Å². The maximum absolute atomic E-state index is 13.3. The van der Waals surface area contributed by atoms with Gasteiger partial charge in [0.1, 0.15) is 11.3 Å². The summed E-state index contributed by atoms with van der Waals surface area (Å²) in [4.78, 5) is 28.6. The van der Waals surface area contributed by atoms with Gasteiger partial charge in [-0.1, -0.05) is 24.3 Å². The van der Waals surface area contributed by atoms with Crippen molar-refractivity contribution in [1.29, 1.82) is 0 Å². The van der Waals surface area contributed by atoms with Gasteiger partial charge in [0, 0.05) is 24.0 Å². The SMILES string of the molecule is C=CCC12C(=O)C3C=C4C(=O)c5ccccc5OC41C(C3)CN2C. The zero-order valence-corrected chi connectivity index (χ0v) is 13.6. The van der Waals surface area contributed by atoms with Gasteiger partial charge in [0.05, 0.1) is 5.56 Å². The van der Waals surface area contributed by atoms with Crippen molar-refractivity contribution >= 4 is 11.6 Å². The van der Waals surface area contributed by atoms with Gasteiger partial charge in [-0.3, -0.25) is 14.5 Å². The Bertz CT molecular complexity index is 841. The van der Waals surface area contributed by atoms with E-state index in [1.165, 1.54) is 0 Å². The molecule has 0 aromatic heterocycles. The molecule has 6 rings (SSSR count). The summed E-state index contributed by atoms with van der Waals surface area (Å²) in [5.74, 6) is 0.760. The zero-order valence-electron chi connectivity index (χ0n) is 13.6. The van der Waals surface area contributed by atoms with E-state index >= 15 is 0 Å². The number of likely N-dealkylation sites (tertiary alicyclic amines) is 1. The van der Waals surface area contributed by atoms with Crippen molar-refractivity contribution in [2.45, 2.75) is 24.0 Å². The Labute approximate surface area is 140 Å². The van der Waals surface area contributed by atoms with E-state index in [2.05, 4.69) is 11.5 Å². The fraction of sp³-hybridized carbons (Fsp3) is 0.400. The molecule has 3 aliphatic carbocycles. The minimum absolute atomic E-state index is 0.0165. The molecule has 5 aliphatic rings. The number of fused-ring (bicyclic) bond motifs is 1. The Morgan fingerprint density at radius 1 is 1.38 bits per heavy atom. The van der Waals surface area contributed by atoms with E-state index in [9.17, 15) is 9.59 Å². The number of Topliss-reactive ketones (excluding diaryl/α,β-unsaturated/α-hetero) is 2. The van der Waals surface area contributed by atoms with Crippen LogP contribution < -0.4 is 4.74 Å². The van der Waals surface area contributed by atoms with Crippen LogP contribution in [0.5, 0.6) is 5.75 Å². The van der Waals surface area contributed by atoms with E-state index in [-0.39, 0.29) is 23.4 Å². The molecule has 2 aliphatic heterocycles. The number of ether oxygens (including phenoxy) is 1. The second kappa shape index (κ2) is 4.25. The lowest BCUT2D eigenvalue weighted by atomic mass is 9.52. The van der Waals surface area contributed by atoms with Crippen molar-refractivity contribution in [1.82, 2.24) is 4.90 Å². The quantitative estimate of drug-likeness (QED) is 0.785. The van der Waals surface area contributed by atoms with Gasteiger partial charge >= 0.3 is 0 Å². The van der Waals surface area contributed by atoms with Gasteiger partial charge < -0.3 is 4.74 Å². The van der Waals surface area contributed by atoms with Crippen LogP contribution >= 0.6 is 0 Å². The maximum atomic E-state index is 13.3. The molecule has 122 valence electrons. The second-order valence-electron chi connectivity index (χ2n) is 7.38. The first-order valence-corrected chi connectivity index (χ1v) is 8.48. The highest BCUT2D eigenvalue weighted by Gasteiger charge is 2.77.